The van der Waals surface area contributed by atoms with Gasteiger partial charge in [0.2, 0.25) is 0 Å². The van der Waals surface area contributed by atoms with Gasteiger partial charge in [-0.05, 0) is 49.2 Å². The van der Waals surface area contributed by atoms with Gasteiger partial charge in [0, 0.05) is 23.9 Å². The lowest BCUT2D eigenvalue weighted by Gasteiger charge is -2.12. The second-order valence-electron chi connectivity index (χ2n) is 7.59. The van der Waals surface area contributed by atoms with Gasteiger partial charge >= 0.3 is 6.36 Å². The number of benzene rings is 2. The summed E-state index contributed by atoms with van der Waals surface area (Å²) >= 11 is 0. The minimum absolute atomic E-state index is 0.263. The van der Waals surface area contributed by atoms with E-state index in [1.165, 1.54) is 12.1 Å². The Hall–Kier alpha value is -3.95. The number of nitrogens with one attached hydrogen (secondary N) is 1. The Bertz CT molecular complexity index is 1320. The Morgan fingerprint density at radius 2 is 1.65 bits per heavy atom. The summed E-state index contributed by atoms with van der Waals surface area (Å²) in [5.41, 5.74) is 4.76. The summed E-state index contributed by atoms with van der Waals surface area (Å²) in [5, 5.41) is 7.97. The molecule has 0 atom stereocenters. The standard InChI is InChI=1S/C24H23F3N4O3/c1-14-11-21(28-13-16-5-8-18(9-6-16)34-24(25,26)27)31-23(29-14)22(15(2)30-31)17-7-10-19(32-3)20(12-17)33-4/h5-12,28H,13H2,1-4H3. The Morgan fingerprint density at radius 3 is 2.29 bits per heavy atom. The van der Waals surface area contributed by atoms with Crippen molar-refractivity contribution in [3.05, 3.63) is 65.5 Å². The van der Waals surface area contributed by atoms with Gasteiger partial charge in [-0.25, -0.2) is 4.98 Å². The molecule has 10 heteroatoms. The van der Waals surface area contributed by atoms with E-state index < -0.39 is 6.36 Å². The lowest BCUT2D eigenvalue weighted by molar-refractivity contribution is -0.274. The summed E-state index contributed by atoms with van der Waals surface area (Å²) in [6.07, 6.45) is -4.72. The second-order valence-corrected chi connectivity index (χ2v) is 7.59. The summed E-state index contributed by atoms with van der Waals surface area (Å²) in [6.45, 7) is 4.16. The zero-order valence-corrected chi connectivity index (χ0v) is 19.0. The molecule has 0 spiro atoms. The maximum atomic E-state index is 12.4. The minimum atomic E-state index is -4.72. The van der Waals surface area contributed by atoms with E-state index in [1.54, 1.807) is 30.9 Å². The zero-order chi connectivity index (χ0) is 24.5. The third-order valence-electron chi connectivity index (χ3n) is 5.19. The van der Waals surface area contributed by atoms with Crippen molar-refractivity contribution in [3.63, 3.8) is 0 Å². The Morgan fingerprint density at radius 1 is 0.941 bits per heavy atom. The normalized spacial score (nSPS) is 11.5. The monoisotopic (exact) mass is 472 g/mol. The first-order valence-corrected chi connectivity index (χ1v) is 10.4. The van der Waals surface area contributed by atoms with Crippen molar-refractivity contribution in [2.45, 2.75) is 26.8 Å². The van der Waals surface area contributed by atoms with Crippen molar-refractivity contribution in [1.82, 2.24) is 14.6 Å². The van der Waals surface area contributed by atoms with Gasteiger partial charge in [-0.3, -0.25) is 0 Å². The van der Waals surface area contributed by atoms with Crippen LogP contribution < -0.4 is 19.5 Å². The van der Waals surface area contributed by atoms with Crippen LogP contribution in [0.25, 0.3) is 16.8 Å². The van der Waals surface area contributed by atoms with Crippen LogP contribution in [0, 0.1) is 13.8 Å². The number of rotatable bonds is 7. The molecule has 178 valence electrons. The fourth-order valence-corrected chi connectivity index (χ4v) is 3.70. The number of alkyl halides is 3. The molecule has 0 aliphatic heterocycles. The van der Waals surface area contributed by atoms with E-state index in [0.717, 1.165) is 28.1 Å². The van der Waals surface area contributed by atoms with Crippen LogP contribution in [-0.4, -0.2) is 35.2 Å². The van der Waals surface area contributed by atoms with Crippen LogP contribution in [0.1, 0.15) is 17.0 Å². The largest absolute Gasteiger partial charge is 0.573 e. The van der Waals surface area contributed by atoms with Crippen LogP contribution in [0.2, 0.25) is 0 Å². The zero-order valence-electron chi connectivity index (χ0n) is 19.0. The SMILES string of the molecule is COc1ccc(-c2c(C)nn3c(NCc4ccc(OC(F)(F)F)cc4)cc(C)nc23)cc1OC. The number of aromatic nitrogens is 3. The van der Waals surface area contributed by atoms with E-state index in [-0.39, 0.29) is 5.75 Å². The van der Waals surface area contributed by atoms with Crippen molar-refractivity contribution >= 4 is 11.5 Å². The molecule has 0 fully saturated rings. The van der Waals surface area contributed by atoms with Crippen LogP contribution in [0.3, 0.4) is 0 Å². The van der Waals surface area contributed by atoms with E-state index in [0.29, 0.717) is 29.5 Å². The molecule has 0 saturated heterocycles. The molecule has 4 rings (SSSR count). The second kappa shape index (κ2) is 9.12. The van der Waals surface area contributed by atoms with Crippen molar-refractivity contribution in [3.8, 4) is 28.4 Å². The molecule has 2 aromatic heterocycles. The quantitative estimate of drug-likeness (QED) is 0.381. The molecule has 1 N–H and O–H groups in total. The Labute approximate surface area is 194 Å². The van der Waals surface area contributed by atoms with Gasteiger partial charge in [-0.15, -0.1) is 13.2 Å². The van der Waals surface area contributed by atoms with Crippen molar-refractivity contribution in [2.24, 2.45) is 0 Å². The van der Waals surface area contributed by atoms with Crippen LogP contribution in [0.5, 0.6) is 17.2 Å². The molecule has 0 unspecified atom stereocenters. The van der Waals surface area contributed by atoms with E-state index in [9.17, 15) is 13.2 Å². The minimum Gasteiger partial charge on any atom is -0.493 e. The number of halogens is 3. The first-order chi connectivity index (χ1) is 16.2. The van der Waals surface area contributed by atoms with E-state index in [1.807, 2.05) is 38.1 Å². The third kappa shape index (κ3) is 4.85. The number of hydrogen-bond acceptors (Lipinski definition) is 6. The van der Waals surface area contributed by atoms with Crippen LogP contribution in [0.15, 0.2) is 48.5 Å². The number of nitrogens with zero attached hydrogens (tertiary/aromatic N) is 3. The predicted molar refractivity (Wildman–Crippen MR) is 121 cm³/mol. The molecule has 2 heterocycles. The summed E-state index contributed by atoms with van der Waals surface area (Å²) in [6, 6.07) is 13.2. The van der Waals surface area contributed by atoms with Crippen LogP contribution in [0.4, 0.5) is 19.0 Å². The molecule has 34 heavy (non-hydrogen) atoms. The molecular weight excluding hydrogens is 449 g/mol. The third-order valence-corrected chi connectivity index (χ3v) is 5.19. The molecule has 2 aromatic carbocycles. The number of aryl methyl sites for hydroxylation is 2. The highest BCUT2D eigenvalue weighted by molar-refractivity contribution is 5.82. The van der Waals surface area contributed by atoms with Gasteiger partial charge in [0.15, 0.2) is 17.1 Å². The molecular formula is C24H23F3N4O3. The number of ether oxygens (including phenoxy) is 3. The molecule has 0 saturated carbocycles. The highest BCUT2D eigenvalue weighted by atomic mass is 19.4. The molecule has 0 radical (unpaired) electrons. The van der Waals surface area contributed by atoms with Crippen molar-refractivity contribution in [1.29, 1.82) is 0 Å². The average Bonchev–Trinajstić information content (AvgIpc) is 3.12. The highest BCUT2D eigenvalue weighted by Gasteiger charge is 2.31. The van der Waals surface area contributed by atoms with Gasteiger partial charge in [0.1, 0.15) is 11.6 Å². The topological polar surface area (TPSA) is 69.9 Å². The molecule has 0 amide bonds. The van der Waals surface area contributed by atoms with Crippen LogP contribution >= 0.6 is 0 Å². The van der Waals surface area contributed by atoms with Gasteiger partial charge in [-0.2, -0.15) is 9.61 Å². The van der Waals surface area contributed by atoms with Gasteiger partial charge in [0.25, 0.3) is 0 Å². The highest BCUT2D eigenvalue weighted by Crippen LogP contribution is 2.36. The van der Waals surface area contributed by atoms with Crippen LogP contribution in [-0.2, 0) is 6.54 Å². The summed E-state index contributed by atoms with van der Waals surface area (Å²) in [7, 11) is 3.16. The lowest BCUT2D eigenvalue weighted by Crippen LogP contribution is -2.17. The van der Waals surface area contributed by atoms with Gasteiger partial charge in [-0.1, -0.05) is 18.2 Å². The first kappa shape index (κ1) is 23.2. The summed E-state index contributed by atoms with van der Waals surface area (Å²) < 4.78 is 53.5. The fourth-order valence-electron chi connectivity index (χ4n) is 3.70. The smallest absolute Gasteiger partial charge is 0.493 e. The molecule has 0 aliphatic carbocycles. The maximum Gasteiger partial charge on any atom is 0.573 e. The summed E-state index contributed by atoms with van der Waals surface area (Å²) in [4.78, 5) is 4.70. The number of methoxy groups -OCH3 is 2. The number of anilines is 1. The first-order valence-electron chi connectivity index (χ1n) is 10.4. The van der Waals surface area contributed by atoms with Crippen molar-refractivity contribution < 1.29 is 27.4 Å². The summed E-state index contributed by atoms with van der Waals surface area (Å²) in [5.74, 6) is 1.66. The lowest BCUT2D eigenvalue weighted by atomic mass is 10.1. The number of fused-ring (bicyclic) bond motifs is 1. The molecule has 0 bridgehead atoms. The van der Waals surface area contributed by atoms with Gasteiger partial charge < -0.3 is 19.5 Å². The molecule has 0 aliphatic rings. The number of hydrogen-bond donors (Lipinski definition) is 1. The molecule has 4 aromatic rings. The van der Waals surface area contributed by atoms with Gasteiger partial charge in [0.05, 0.1) is 19.9 Å². The Kier molecular flexibility index (Phi) is 6.23. The predicted octanol–water partition coefficient (Wildman–Crippen LogP) is 5.54. The molecule has 7 nitrogen and oxygen atoms in total. The average molecular weight is 472 g/mol. The van der Waals surface area contributed by atoms with E-state index in [2.05, 4.69) is 15.2 Å². The Balaban J connectivity index is 1.64. The maximum absolute atomic E-state index is 12.4. The van der Waals surface area contributed by atoms with Crippen molar-refractivity contribution in [2.75, 3.05) is 19.5 Å². The van der Waals surface area contributed by atoms with E-state index >= 15 is 0 Å². The fraction of sp³-hybridized carbons (Fsp3) is 0.250. The van der Waals surface area contributed by atoms with E-state index in [4.69, 9.17) is 14.5 Å².